The SMILES string of the molecule is CNS(=O)(=O)c1ccccc1C. The molecule has 0 radical (unpaired) electrons. The fourth-order valence-corrected chi connectivity index (χ4v) is 1.94. The first-order chi connectivity index (χ1) is 5.58. The molecule has 1 aromatic rings. The summed E-state index contributed by atoms with van der Waals surface area (Å²) in [5, 5.41) is 0. The summed E-state index contributed by atoms with van der Waals surface area (Å²) in [7, 11) is -1.87. The van der Waals surface area contributed by atoms with Crippen LogP contribution in [0, 0.1) is 6.92 Å². The van der Waals surface area contributed by atoms with E-state index in [-0.39, 0.29) is 0 Å². The minimum atomic E-state index is -3.28. The van der Waals surface area contributed by atoms with E-state index in [2.05, 4.69) is 4.72 Å². The maximum absolute atomic E-state index is 11.3. The van der Waals surface area contributed by atoms with Gasteiger partial charge in [-0.25, -0.2) is 13.1 Å². The van der Waals surface area contributed by atoms with Crippen molar-refractivity contribution in [2.24, 2.45) is 0 Å². The van der Waals surface area contributed by atoms with Gasteiger partial charge in [0.25, 0.3) is 0 Å². The molecule has 0 aliphatic rings. The number of sulfonamides is 1. The number of rotatable bonds is 2. The van der Waals surface area contributed by atoms with Crippen LogP contribution in [-0.4, -0.2) is 15.5 Å². The lowest BCUT2D eigenvalue weighted by Crippen LogP contribution is -2.19. The summed E-state index contributed by atoms with van der Waals surface area (Å²) >= 11 is 0. The van der Waals surface area contributed by atoms with Crippen LogP contribution in [-0.2, 0) is 10.0 Å². The third-order valence-electron chi connectivity index (χ3n) is 1.65. The molecule has 0 saturated heterocycles. The monoisotopic (exact) mass is 185 g/mol. The molecule has 0 spiro atoms. The second kappa shape index (κ2) is 3.25. The van der Waals surface area contributed by atoms with E-state index in [1.165, 1.54) is 7.05 Å². The van der Waals surface area contributed by atoms with Gasteiger partial charge in [-0.2, -0.15) is 0 Å². The molecule has 0 aliphatic heterocycles. The molecule has 0 unspecified atom stereocenters. The van der Waals surface area contributed by atoms with Crippen LogP contribution < -0.4 is 4.72 Å². The molecule has 3 nitrogen and oxygen atoms in total. The standard InChI is InChI=1S/C8H11NO2S/c1-7-5-3-4-6-8(7)12(10,11)9-2/h3-6,9H,1-2H3. The van der Waals surface area contributed by atoms with E-state index in [0.29, 0.717) is 4.90 Å². The zero-order valence-corrected chi connectivity index (χ0v) is 7.85. The molecule has 12 heavy (non-hydrogen) atoms. The minimum Gasteiger partial charge on any atom is -0.214 e. The van der Waals surface area contributed by atoms with Crippen molar-refractivity contribution in [1.82, 2.24) is 4.72 Å². The third-order valence-corrected chi connectivity index (χ3v) is 3.23. The highest BCUT2D eigenvalue weighted by molar-refractivity contribution is 7.89. The van der Waals surface area contributed by atoms with Crippen LogP contribution in [0.3, 0.4) is 0 Å². The number of nitrogens with one attached hydrogen (secondary N) is 1. The molecule has 1 aromatic carbocycles. The molecule has 0 fully saturated rings. The summed E-state index contributed by atoms with van der Waals surface area (Å²) in [6.45, 7) is 1.77. The highest BCUT2D eigenvalue weighted by atomic mass is 32.2. The maximum atomic E-state index is 11.3. The van der Waals surface area contributed by atoms with Crippen molar-refractivity contribution in [3.05, 3.63) is 29.8 Å². The zero-order valence-electron chi connectivity index (χ0n) is 7.03. The van der Waals surface area contributed by atoms with E-state index in [9.17, 15) is 8.42 Å². The molecule has 66 valence electrons. The molecular weight excluding hydrogens is 174 g/mol. The fourth-order valence-electron chi connectivity index (χ4n) is 0.968. The second-order valence-electron chi connectivity index (χ2n) is 2.47. The Balaban J connectivity index is 3.30. The molecule has 0 saturated carbocycles. The van der Waals surface area contributed by atoms with Crippen LogP contribution in [0.15, 0.2) is 29.2 Å². The Morgan fingerprint density at radius 1 is 1.25 bits per heavy atom. The van der Waals surface area contributed by atoms with Crippen molar-refractivity contribution in [1.29, 1.82) is 0 Å². The number of hydrogen-bond acceptors (Lipinski definition) is 2. The maximum Gasteiger partial charge on any atom is 0.240 e. The van der Waals surface area contributed by atoms with Gasteiger partial charge in [0.2, 0.25) is 10.0 Å². The lowest BCUT2D eigenvalue weighted by atomic mass is 10.2. The Morgan fingerprint density at radius 2 is 1.83 bits per heavy atom. The molecule has 0 aromatic heterocycles. The number of aryl methyl sites for hydroxylation is 1. The molecule has 0 amide bonds. The average molecular weight is 185 g/mol. The summed E-state index contributed by atoms with van der Waals surface area (Å²) < 4.78 is 24.9. The molecular formula is C8H11NO2S. The summed E-state index contributed by atoms with van der Waals surface area (Å²) in [5.41, 5.74) is 0.756. The van der Waals surface area contributed by atoms with E-state index in [1.807, 2.05) is 6.07 Å². The van der Waals surface area contributed by atoms with Gasteiger partial charge >= 0.3 is 0 Å². The summed E-state index contributed by atoms with van der Waals surface area (Å²) in [6, 6.07) is 6.87. The lowest BCUT2D eigenvalue weighted by molar-refractivity contribution is 0.587. The molecule has 0 heterocycles. The van der Waals surface area contributed by atoms with E-state index < -0.39 is 10.0 Å². The van der Waals surface area contributed by atoms with Crippen molar-refractivity contribution in [3.63, 3.8) is 0 Å². The Hall–Kier alpha value is -0.870. The van der Waals surface area contributed by atoms with Gasteiger partial charge in [-0.1, -0.05) is 18.2 Å². The summed E-state index contributed by atoms with van der Waals surface area (Å²) in [4.78, 5) is 0.340. The number of hydrogen-bond donors (Lipinski definition) is 1. The highest BCUT2D eigenvalue weighted by Crippen LogP contribution is 2.12. The van der Waals surface area contributed by atoms with Gasteiger partial charge in [-0.15, -0.1) is 0 Å². The quantitative estimate of drug-likeness (QED) is 0.744. The van der Waals surface area contributed by atoms with Crippen molar-refractivity contribution in [3.8, 4) is 0 Å². The first-order valence-electron chi connectivity index (χ1n) is 3.57. The summed E-state index contributed by atoms with van der Waals surface area (Å²) in [5.74, 6) is 0. The van der Waals surface area contributed by atoms with Gasteiger partial charge in [0.05, 0.1) is 4.90 Å². The van der Waals surface area contributed by atoms with E-state index in [4.69, 9.17) is 0 Å². The predicted octanol–water partition coefficient (Wildman–Crippen LogP) is 0.903. The van der Waals surface area contributed by atoms with E-state index in [0.717, 1.165) is 5.56 Å². The van der Waals surface area contributed by atoms with Gasteiger partial charge in [-0.05, 0) is 25.6 Å². The Morgan fingerprint density at radius 3 is 2.33 bits per heavy atom. The van der Waals surface area contributed by atoms with Crippen molar-refractivity contribution < 1.29 is 8.42 Å². The van der Waals surface area contributed by atoms with Crippen LogP contribution in [0.25, 0.3) is 0 Å². The molecule has 0 atom stereocenters. The largest absolute Gasteiger partial charge is 0.240 e. The van der Waals surface area contributed by atoms with Crippen molar-refractivity contribution >= 4 is 10.0 Å². The molecule has 0 aliphatic carbocycles. The molecule has 1 rings (SSSR count). The minimum absolute atomic E-state index is 0.340. The summed E-state index contributed by atoms with van der Waals surface area (Å²) in [6.07, 6.45) is 0. The molecule has 4 heteroatoms. The fraction of sp³-hybridized carbons (Fsp3) is 0.250. The van der Waals surface area contributed by atoms with Crippen LogP contribution >= 0.6 is 0 Å². The zero-order chi connectivity index (χ0) is 9.19. The van der Waals surface area contributed by atoms with Gasteiger partial charge in [-0.3, -0.25) is 0 Å². The topological polar surface area (TPSA) is 46.2 Å². The third kappa shape index (κ3) is 1.65. The van der Waals surface area contributed by atoms with Crippen molar-refractivity contribution in [2.75, 3.05) is 7.05 Å². The first-order valence-corrected chi connectivity index (χ1v) is 5.05. The first kappa shape index (κ1) is 9.22. The lowest BCUT2D eigenvalue weighted by Gasteiger charge is -2.04. The average Bonchev–Trinajstić information content (AvgIpc) is 2.05. The van der Waals surface area contributed by atoms with E-state index >= 15 is 0 Å². The van der Waals surface area contributed by atoms with Gasteiger partial charge in [0.1, 0.15) is 0 Å². The van der Waals surface area contributed by atoms with Crippen molar-refractivity contribution in [2.45, 2.75) is 11.8 Å². The Bertz CT molecular complexity index is 370. The normalized spacial score (nSPS) is 11.5. The second-order valence-corrected chi connectivity index (χ2v) is 4.33. The van der Waals surface area contributed by atoms with Gasteiger partial charge in [0, 0.05) is 0 Å². The predicted molar refractivity (Wildman–Crippen MR) is 47.4 cm³/mol. The van der Waals surface area contributed by atoms with Crippen LogP contribution in [0.4, 0.5) is 0 Å². The van der Waals surface area contributed by atoms with Gasteiger partial charge in [0.15, 0.2) is 0 Å². The molecule has 1 N–H and O–H groups in total. The van der Waals surface area contributed by atoms with Crippen LogP contribution in [0.1, 0.15) is 5.56 Å². The highest BCUT2D eigenvalue weighted by Gasteiger charge is 2.12. The van der Waals surface area contributed by atoms with Crippen LogP contribution in [0.2, 0.25) is 0 Å². The van der Waals surface area contributed by atoms with Gasteiger partial charge < -0.3 is 0 Å². The number of benzene rings is 1. The van der Waals surface area contributed by atoms with E-state index in [1.54, 1.807) is 25.1 Å². The molecule has 0 bridgehead atoms. The Labute approximate surface area is 72.5 Å². The smallest absolute Gasteiger partial charge is 0.214 e. The van der Waals surface area contributed by atoms with Crippen LogP contribution in [0.5, 0.6) is 0 Å². The Kier molecular flexibility index (Phi) is 2.49.